The Kier molecular flexibility index (Phi) is 4.14. The molecule has 0 radical (unpaired) electrons. The van der Waals surface area contributed by atoms with Crippen molar-refractivity contribution in [2.45, 2.75) is 50.6 Å². The minimum atomic E-state index is -0.241. The van der Waals surface area contributed by atoms with E-state index in [1.165, 1.54) is 13.5 Å². The molecular weight excluding hydrogens is 320 g/mol. The zero-order valence-corrected chi connectivity index (χ0v) is 14.8. The predicted molar refractivity (Wildman–Crippen MR) is 89.5 cm³/mol. The molecule has 2 aliphatic carbocycles. The molecule has 3 heterocycles. The van der Waals surface area contributed by atoms with Crippen LogP contribution in [0.25, 0.3) is 0 Å². The highest BCUT2D eigenvalue weighted by atomic mass is 16.7. The van der Waals surface area contributed by atoms with Crippen LogP contribution in [0, 0.1) is 35.5 Å². The minimum Gasteiger partial charge on any atom is -0.469 e. The summed E-state index contributed by atoms with van der Waals surface area (Å²) in [5.41, 5.74) is 0. The molecule has 0 aromatic carbocycles. The van der Waals surface area contributed by atoms with Crippen molar-refractivity contribution in [1.82, 2.24) is 0 Å². The molecule has 1 saturated carbocycles. The average Bonchev–Trinajstić information content (AvgIpc) is 3.41. The van der Waals surface area contributed by atoms with E-state index in [0.29, 0.717) is 36.4 Å². The molecular formula is C20H28O5. The van der Waals surface area contributed by atoms with Gasteiger partial charge in [-0.05, 0) is 55.8 Å². The Morgan fingerprint density at radius 1 is 1.20 bits per heavy atom. The summed E-state index contributed by atoms with van der Waals surface area (Å²) in [6.07, 6.45) is 10.5. The Balaban J connectivity index is 1.29. The Bertz CT molecular complexity index is 554. The van der Waals surface area contributed by atoms with Crippen molar-refractivity contribution in [3.63, 3.8) is 0 Å². The first-order valence-electron chi connectivity index (χ1n) is 9.91. The maximum atomic E-state index is 12.5. The van der Waals surface area contributed by atoms with Gasteiger partial charge in [0.2, 0.25) is 0 Å². The van der Waals surface area contributed by atoms with Gasteiger partial charge < -0.3 is 18.9 Å². The molecule has 0 spiro atoms. The lowest BCUT2D eigenvalue weighted by Crippen LogP contribution is -2.43. The highest BCUT2D eigenvalue weighted by Gasteiger charge is 2.64. The molecule has 138 valence electrons. The van der Waals surface area contributed by atoms with E-state index in [1.807, 2.05) is 0 Å². The summed E-state index contributed by atoms with van der Waals surface area (Å²) in [7, 11) is 1.48. The van der Waals surface area contributed by atoms with E-state index in [2.05, 4.69) is 12.2 Å². The molecule has 5 rings (SSSR count). The number of rotatable bonds is 5. The number of fused-ring (bicyclic) bond motifs is 9. The second-order valence-electron chi connectivity index (χ2n) is 8.40. The van der Waals surface area contributed by atoms with E-state index in [1.54, 1.807) is 0 Å². The summed E-state index contributed by atoms with van der Waals surface area (Å²) in [6.45, 7) is 1.14. The molecule has 3 aliphatic heterocycles. The van der Waals surface area contributed by atoms with Crippen LogP contribution in [-0.4, -0.2) is 44.8 Å². The Morgan fingerprint density at radius 3 is 2.80 bits per heavy atom. The SMILES string of the molecule is COC(=O)C(COC1CCCCO1)C1CC2OC1C1C3C=CC(C3)C21. The summed E-state index contributed by atoms with van der Waals surface area (Å²) < 4.78 is 23.1. The van der Waals surface area contributed by atoms with Crippen molar-refractivity contribution in [3.8, 4) is 0 Å². The van der Waals surface area contributed by atoms with E-state index >= 15 is 0 Å². The highest BCUT2D eigenvalue weighted by molar-refractivity contribution is 5.73. The zero-order valence-electron chi connectivity index (χ0n) is 14.8. The van der Waals surface area contributed by atoms with E-state index in [0.717, 1.165) is 32.3 Å². The van der Waals surface area contributed by atoms with Gasteiger partial charge >= 0.3 is 5.97 Å². The van der Waals surface area contributed by atoms with Gasteiger partial charge in [0.05, 0.1) is 31.8 Å². The van der Waals surface area contributed by atoms with Crippen LogP contribution < -0.4 is 0 Å². The van der Waals surface area contributed by atoms with Crippen LogP contribution in [0.5, 0.6) is 0 Å². The van der Waals surface area contributed by atoms with Crippen LogP contribution in [0.2, 0.25) is 0 Å². The molecule has 0 aromatic heterocycles. The molecule has 9 unspecified atom stereocenters. The van der Waals surface area contributed by atoms with Gasteiger partial charge in [-0.25, -0.2) is 0 Å². The maximum absolute atomic E-state index is 12.5. The van der Waals surface area contributed by atoms with Crippen molar-refractivity contribution in [2.24, 2.45) is 35.5 Å². The molecule has 4 fully saturated rings. The fourth-order valence-electron chi connectivity index (χ4n) is 6.23. The van der Waals surface area contributed by atoms with Gasteiger partial charge in [-0.3, -0.25) is 4.79 Å². The molecule has 5 aliphatic rings. The van der Waals surface area contributed by atoms with Crippen LogP contribution in [0.1, 0.15) is 32.1 Å². The number of allylic oxidation sites excluding steroid dienone is 2. The molecule has 25 heavy (non-hydrogen) atoms. The van der Waals surface area contributed by atoms with Crippen LogP contribution in [-0.2, 0) is 23.7 Å². The Morgan fingerprint density at radius 2 is 2.04 bits per heavy atom. The number of carbonyl (C=O) groups is 1. The monoisotopic (exact) mass is 348 g/mol. The molecule has 0 aromatic rings. The number of hydrogen-bond acceptors (Lipinski definition) is 5. The fraction of sp³-hybridized carbons (Fsp3) is 0.850. The van der Waals surface area contributed by atoms with Gasteiger partial charge in [-0.1, -0.05) is 12.2 Å². The van der Waals surface area contributed by atoms with E-state index in [4.69, 9.17) is 18.9 Å². The lowest BCUT2D eigenvalue weighted by atomic mass is 9.66. The molecule has 4 bridgehead atoms. The minimum absolute atomic E-state index is 0.160. The highest BCUT2D eigenvalue weighted by Crippen LogP contribution is 2.62. The standard InChI is InChI=1S/C20H28O5/c1-22-20(21)14(10-24-16-4-2-3-7-23-16)13-9-15-17-11-5-6-12(8-11)18(17)19(13)25-15/h5-6,11-19H,2-4,7-10H2,1H3. The van der Waals surface area contributed by atoms with Crippen LogP contribution >= 0.6 is 0 Å². The number of hydrogen-bond donors (Lipinski definition) is 0. The maximum Gasteiger partial charge on any atom is 0.311 e. The van der Waals surface area contributed by atoms with E-state index < -0.39 is 0 Å². The first-order valence-corrected chi connectivity index (χ1v) is 9.91. The summed E-state index contributed by atoms with van der Waals surface area (Å²) in [4.78, 5) is 12.5. The van der Waals surface area contributed by atoms with Crippen molar-refractivity contribution in [2.75, 3.05) is 20.3 Å². The third kappa shape index (κ3) is 2.58. The number of carbonyl (C=O) groups excluding carboxylic acids is 1. The summed E-state index contributed by atoms with van der Waals surface area (Å²) in [5.74, 6) is 2.44. The smallest absolute Gasteiger partial charge is 0.311 e. The van der Waals surface area contributed by atoms with E-state index in [-0.39, 0.29) is 30.2 Å². The molecule has 9 atom stereocenters. The van der Waals surface area contributed by atoms with Gasteiger partial charge in [-0.2, -0.15) is 0 Å². The van der Waals surface area contributed by atoms with Crippen LogP contribution in [0.15, 0.2) is 12.2 Å². The molecule has 5 heteroatoms. The lowest BCUT2D eigenvalue weighted by Gasteiger charge is -2.36. The second-order valence-corrected chi connectivity index (χ2v) is 8.40. The van der Waals surface area contributed by atoms with Gasteiger partial charge in [0.1, 0.15) is 0 Å². The molecule has 5 nitrogen and oxygen atoms in total. The van der Waals surface area contributed by atoms with Gasteiger partial charge in [0.15, 0.2) is 6.29 Å². The molecule has 3 saturated heterocycles. The topological polar surface area (TPSA) is 54.0 Å². The zero-order chi connectivity index (χ0) is 17.0. The summed E-state index contributed by atoms with van der Waals surface area (Å²) in [5, 5.41) is 0. The molecule has 0 amide bonds. The number of methoxy groups -OCH3 is 1. The quantitative estimate of drug-likeness (QED) is 0.564. The van der Waals surface area contributed by atoms with Crippen LogP contribution in [0.3, 0.4) is 0 Å². The van der Waals surface area contributed by atoms with Crippen molar-refractivity contribution in [3.05, 3.63) is 12.2 Å². The third-order valence-electron chi connectivity index (χ3n) is 7.27. The average molecular weight is 348 g/mol. The van der Waals surface area contributed by atoms with Gasteiger partial charge in [0, 0.05) is 12.5 Å². The van der Waals surface area contributed by atoms with Crippen molar-refractivity contribution in [1.29, 1.82) is 0 Å². The predicted octanol–water partition coefficient (Wildman–Crippen LogP) is 2.54. The van der Waals surface area contributed by atoms with Crippen molar-refractivity contribution < 1.29 is 23.7 Å². The fourth-order valence-corrected chi connectivity index (χ4v) is 6.23. The second kappa shape index (κ2) is 6.36. The van der Waals surface area contributed by atoms with Gasteiger partial charge in [-0.15, -0.1) is 0 Å². The summed E-state index contributed by atoms with van der Waals surface area (Å²) >= 11 is 0. The largest absolute Gasteiger partial charge is 0.469 e. The van der Waals surface area contributed by atoms with Gasteiger partial charge in [0.25, 0.3) is 0 Å². The Hall–Kier alpha value is -0.910. The number of esters is 1. The van der Waals surface area contributed by atoms with E-state index in [9.17, 15) is 4.79 Å². The molecule has 0 N–H and O–H groups in total. The third-order valence-corrected chi connectivity index (χ3v) is 7.27. The number of ether oxygens (including phenoxy) is 4. The van der Waals surface area contributed by atoms with Crippen molar-refractivity contribution >= 4 is 5.97 Å². The van der Waals surface area contributed by atoms with Crippen LogP contribution in [0.4, 0.5) is 0 Å². The normalized spacial score (nSPS) is 47.9. The first-order chi connectivity index (χ1) is 12.3. The Labute approximate surface area is 149 Å². The lowest BCUT2D eigenvalue weighted by molar-refractivity contribution is -0.182. The summed E-state index contributed by atoms with van der Waals surface area (Å²) in [6, 6.07) is 0. The first kappa shape index (κ1) is 16.3.